The highest BCUT2D eigenvalue weighted by atomic mass is 16.6. The summed E-state index contributed by atoms with van der Waals surface area (Å²) in [7, 11) is 4.53. The van der Waals surface area contributed by atoms with Crippen LogP contribution in [0.3, 0.4) is 0 Å². The third-order valence-electron chi connectivity index (χ3n) is 6.26. The Morgan fingerprint density at radius 2 is 1.62 bits per heavy atom. The summed E-state index contributed by atoms with van der Waals surface area (Å²) in [6.07, 6.45) is 0.928. The molecule has 0 unspecified atom stereocenters. The first kappa shape index (κ1) is 21.6. The predicted octanol–water partition coefficient (Wildman–Crippen LogP) is 3.78. The maximum absolute atomic E-state index is 13.6. The molecular formula is C24H24N4O6. The van der Waals surface area contributed by atoms with Crippen LogP contribution >= 0.6 is 0 Å². The van der Waals surface area contributed by atoms with Crippen LogP contribution in [0.4, 0.5) is 11.6 Å². The number of fused-ring (bicyclic) bond motifs is 1. The van der Waals surface area contributed by atoms with Crippen molar-refractivity contribution in [3.63, 3.8) is 0 Å². The van der Waals surface area contributed by atoms with Gasteiger partial charge in [0, 0.05) is 17.7 Å². The second-order valence-corrected chi connectivity index (χ2v) is 8.13. The van der Waals surface area contributed by atoms with Crippen LogP contribution in [0.15, 0.2) is 52.3 Å². The summed E-state index contributed by atoms with van der Waals surface area (Å²) in [5.74, 6) is 1.84. The zero-order chi connectivity index (χ0) is 23.8. The van der Waals surface area contributed by atoms with Gasteiger partial charge < -0.3 is 30.0 Å². The molecule has 5 rings (SSSR count). The van der Waals surface area contributed by atoms with Gasteiger partial charge in [-0.15, -0.1) is 0 Å². The molecule has 0 bridgehead atoms. The number of ether oxygens (including phenoxy) is 3. The molecule has 3 N–H and O–H groups in total. The first-order valence-electron chi connectivity index (χ1n) is 10.7. The van der Waals surface area contributed by atoms with Gasteiger partial charge in [0.1, 0.15) is 5.75 Å². The van der Waals surface area contributed by atoms with E-state index in [0.717, 1.165) is 17.0 Å². The lowest BCUT2D eigenvalue weighted by Gasteiger charge is -2.30. The molecule has 2 heterocycles. The summed E-state index contributed by atoms with van der Waals surface area (Å²) in [4.78, 5) is 13.6. The second kappa shape index (κ2) is 8.62. The van der Waals surface area contributed by atoms with Gasteiger partial charge in [-0.2, -0.15) is 0 Å². The fraction of sp³-hybridized carbons (Fsp3) is 0.292. The normalized spacial score (nSPS) is 19.3. The summed E-state index contributed by atoms with van der Waals surface area (Å²) in [5, 5.41) is 24.8. The quantitative estimate of drug-likeness (QED) is 0.513. The maximum atomic E-state index is 13.6. The Bertz CT molecular complexity index is 1240. The number of anilines is 2. The van der Waals surface area contributed by atoms with Gasteiger partial charge in [-0.05, 0) is 58.0 Å². The van der Waals surface area contributed by atoms with Crippen LogP contribution in [0.2, 0.25) is 0 Å². The molecule has 1 aliphatic carbocycles. The number of ketones is 1. The molecule has 1 aliphatic heterocycles. The average Bonchev–Trinajstić information content (AvgIpc) is 3.22. The van der Waals surface area contributed by atoms with Crippen molar-refractivity contribution in [2.75, 3.05) is 32.0 Å². The Hall–Kier alpha value is -4.21. The first-order valence-corrected chi connectivity index (χ1v) is 10.7. The molecule has 0 saturated heterocycles. The summed E-state index contributed by atoms with van der Waals surface area (Å²) in [6.45, 7) is 0. The third-order valence-corrected chi connectivity index (χ3v) is 6.26. The number of nitrogens with one attached hydrogen (secondary N) is 2. The van der Waals surface area contributed by atoms with Gasteiger partial charge in [0.2, 0.25) is 17.4 Å². The average molecular weight is 464 g/mol. The molecule has 0 spiro atoms. The fourth-order valence-corrected chi connectivity index (χ4v) is 4.54. The predicted molar refractivity (Wildman–Crippen MR) is 122 cm³/mol. The van der Waals surface area contributed by atoms with E-state index in [2.05, 4.69) is 20.9 Å². The number of hydrogen-bond donors (Lipinski definition) is 3. The largest absolute Gasteiger partial charge is 0.502 e. The summed E-state index contributed by atoms with van der Waals surface area (Å²) >= 11 is 0. The van der Waals surface area contributed by atoms with Crippen molar-refractivity contribution in [2.24, 2.45) is 0 Å². The smallest absolute Gasteiger partial charge is 0.219 e. The lowest BCUT2D eigenvalue weighted by molar-refractivity contribution is -0.116. The number of hydrogen-bond acceptors (Lipinski definition) is 10. The number of carbonyl (C=O) groups excluding carboxylic acids is 1. The molecule has 1 aromatic heterocycles. The molecule has 3 aromatic rings. The number of rotatable bonds is 5. The minimum atomic E-state index is -0.594. The van der Waals surface area contributed by atoms with E-state index >= 15 is 0 Å². The number of aromatic nitrogens is 2. The zero-order valence-corrected chi connectivity index (χ0v) is 18.9. The second-order valence-electron chi connectivity index (χ2n) is 8.13. The molecule has 0 amide bonds. The number of aromatic hydroxyl groups is 1. The van der Waals surface area contributed by atoms with Crippen molar-refractivity contribution in [2.45, 2.75) is 24.8 Å². The van der Waals surface area contributed by atoms with Crippen molar-refractivity contribution in [3.05, 3.63) is 58.8 Å². The molecule has 10 nitrogen and oxygen atoms in total. The third kappa shape index (κ3) is 3.66. The van der Waals surface area contributed by atoms with Gasteiger partial charge in [-0.3, -0.25) is 4.79 Å². The molecule has 0 fully saturated rings. The fourth-order valence-electron chi connectivity index (χ4n) is 4.54. The van der Waals surface area contributed by atoms with E-state index in [9.17, 15) is 9.90 Å². The van der Waals surface area contributed by atoms with Gasteiger partial charge in [0.15, 0.2) is 17.3 Å². The highest BCUT2D eigenvalue weighted by molar-refractivity contribution is 6.01. The number of allylic oxidation sites excluding steroid dienone is 1. The molecule has 2 aliphatic rings. The molecular weight excluding hydrogens is 440 g/mol. The van der Waals surface area contributed by atoms with Crippen LogP contribution in [-0.2, 0) is 4.79 Å². The highest BCUT2D eigenvalue weighted by Crippen LogP contribution is 2.46. The summed E-state index contributed by atoms with van der Waals surface area (Å²) < 4.78 is 20.8. The number of phenols is 1. The molecule has 176 valence electrons. The first-order chi connectivity index (χ1) is 16.5. The van der Waals surface area contributed by atoms with Gasteiger partial charge in [-0.25, -0.2) is 4.63 Å². The van der Waals surface area contributed by atoms with Crippen LogP contribution in [0.1, 0.15) is 35.9 Å². The summed E-state index contributed by atoms with van der Waals surface area (Å²) in [6, 6.07) is 10.5. The van der Waals surface area contributed by atoms with E-state index in [1.165, 1.54) is 14.2 Å². The monoisotopic (exact) mass is 464 g/mol. The Labute approximate surface area is 195 Å². The van der Waals surface area contributed by atoms with E-state index < -0.39 is 6.04 Å². The van der Waals surface area contributed by atoms with Crippen LogP contribution in [0.5, 0.6) is 23.0 Å². The van der Waals surface area contributed by atoms with E-state index in [-0.39, 0.29) is 28.9 Å². The molecule has 0 radical (unpaired) electrons. The van der Waals surface area contributed by atoms with Crippen molar-refractivity contribution < 1.29 is 28.7 Å². The van der Waals surface area contributed by atoms with Crippen molar-refractivity contribution >= 4 is 17.4 Å². The van der Waals surface area contributed by atoms with Gasteiger partial charge in [-0.1, -0.05) is 12.1 Å². The minimum absolute atomic E-state index is 0.0137. The Balaban J connectivity index is 1.60. The maximum Gasteiger partial charge on any atom is 0.219 e. The standard InChI is InChI=1S/C24H24N4O6/c1-31-15-6-4-12(5-7-15)13-8-16-20(17(29)9-13)21(26-24-23(25-16)27-34-28-24)14-10-18(32-2)22(30)19(11-14)33-3/h4-7,10-11,13,21,30H,8-9H2,1-3H3,(H,25,27)(H,26,28)/t13-,21+/m1/s1. The Morgan fingerprint density at radius 1 is 0.941 bits per heavy atom. The van der Waals surface area contributed by atoms with E-state index in [1.807, 2.05) is 24.3 Å². The van der Waals surface area contributed by atoms with E-state index in [1.54, 1.807) is 19.2 Å². The van der Waals surface area contributed by atoms with Crippen molar-refractivity contribution in [3.8, 4) is 23.0 Å². The van der Waals surface area contributed by atoms with Gasteiger partial charge in [0.05, 0.1) is 27.4 Å². The number of carbonyl (C=O) groups is 1. The topological polar surface area (TPSA) is 128 Å². The van der Waals surface area contributed by atoms with Crippen LogP contribution in [0.25, 0.3) is 0 Å². The van der Waals surface area contributed by atoms with Crippen molar-refractivity contribution in [1.29, 1.82) is 0 Å². The van der Waals surface area contributed by atoms with E-state index in [4.69, 9.17) is 18.8 Å². The minimum Gasteiger partial charge on any atom is -0.502 e. The van der Waals surface area contributed by atoms with Crippen LogP contribution in [0, 0.1) is 0 Å². The Kier molecular flexibility index (Phi) is 5.48. The molecule has 0 saturated carbocycles. The molecule has 2 aromatic carbocycles. The van der Waals surface area contributed by atoms with Gasteiger partial charge in [0.25, 0.3) is 0 Å². The van der Waals surface area contributed by atoms with Crippen LogP contribution < -0.4 is 24.8 Å². The number of phenolic OH excluding ortho intramolecular Hbond substituents is 1. The molecule has 34 heavy (non-hydrogen) atoms. The SMILES string of the molecule is COc1ccc([C@H]2CC(=O)C3=C(C2)Nc2nonc2N[C@H]3c2cc(OC)c(O)c(OC)c2)cc1. The Morgan fingerprint density at radius 3 is 2.26 bits per heavy atom. The number of nitrogens with zero attached hydrogens (tertiary/aromatic N) is 2. The highest BCUT2D eigenvalue weighted by Gasteiger charge is 2.38. The van der Waals surface area contributed by atoms with Gasteiger partial charge >= 0.3 is 0 Å². The lowest BCUT2D eigenvalue weighted by atomic mass is 9.78. The van der Waals surface area contributed by atoms with Crippen molar-refractivity contribution in [1.82, 2.24) is 10.3 Å². The van der Waals surface area contributed by atoms with Crippen LogP contribution in [-0.4, -0.2) is 42.5 Å². The number of benzene rings is 2. The molecule has 2 atom stereocenters. The lowest BCUT2D eigenvalue weighted by Crippen LogP contribution is -2.27. The zero-order valence-electron chi connectivity index (χ0n) is 18.9. The molecule has 10 heteroatoms. The summed E-state index contributed by atoms with van der Waals surface area (Å²) in [5.41, 5.74) is 3.00. The number of methoxy groups -OCH3 is 3. The number of Topliss-reactive ketones (excluding diaryl/α,β-unsaturated/α-hetero) is 1. The van der Waals surface area contributed by atoms with E-state index in [0.29, 0.717) is 35.6 Å².